The first-order chi connectivity index (χ1) is 12.7. The van der Waals surface area contributed by atoms with E-state index in [1.807, 2.05) is 60.1 Å². The molecule has 0 saturated carbocycles. The molecular weight excluding hydrogens is 344 g/mol. The number of rotatable bonds is 5. The van der Waals surface area contributed by atoms with Crippen LogP contribution in [-0.2, 0) is 7.05 Å². The van der Waals surface area contributed by atoms with Crippen LogP contribution < -0.4 is 0 Å². The van der Waals surface area contributed by atoms with Gasteiger partial charge >= 0.3 is 0 Å². The minimum Gasteiger partial charge on any atom is -0.356 e. The number of hydrogen-bond donors (Lipinski definition) is 0. The van der Waals surface area contributed by atoms with E-state index in [-0.39, 0.29) is 5.25 Å². The normalized spacial score (nSPS) is 12.2. The highest BCUT2D eigenvalue weighted by Gasteiger charge is 2.14. The van der Waals surface area contributed by atoms with E-state index in [1.54, 1.807) is 18.1 Å². The first-order valence-electron chi connectivity index (χ1n) is 8.34. The summed E-state index contributed by atoms with van der Waals surface area (Å²) >= 11 is 1.68. The third kappa shape index (κ3) is 3.41. The largest absolute Gasteiger partial charge is 0.356 e. The summed E-state index contributed by atoms with van der Waals surface area (Å²) in [5.41, 5.74) is 4.10. The molecule has 2 heterocycles. The van der Waals surface area contributed by atoms with Gasteiger partial charge in [0, 0.05) is 29.5 Å². The Labute approximate surface area is 156 Å². The molecule has 4 aromatic rings. The average Bonchev–Trinajstić information content (AvgIpc) is 3.32. The van der Waals surface area contributed by atoms with Crippen molar-refractivity contribution in [2.24, 2.45) is 7.05 Å². The van der Waals surface area contributed by atoms with E-state index < -0.39 is 0 Å². The summed E-state index contributed by atoms with van der Waals surface area (Å²) in [5.74, 6) is 0.765. The smallest absolute Gasteiger partial charge is 0.191 e. The van der Waals surface area contributed by atoms with Crippen LogP contribution in [0.2, 0.25) is 0 Å². The maximum Gasteiger partial charge on any atom is 0.191 e. The summed E-state index contributed by atoms with van der Waals surface area (Å²) < 4.78 is 7.51. The van der Waals surface area contributed by atoms with Crippen LogP contribution in [0.15, 0.2) is 76.7 Å². The van der Waals surface area contributed by atoms with Gasteiger partial charge in [0.05, 0.1) is 0 Å². The molecule has 4 rings (SSSR count). The van der Waals surface area contributed by atoms with Crippen molar-refractivity contribution in [3.8, 4) is 22.6 Å². The molecule has 0 spiro atoms. The zero-order valence-electron chi connectivity index (χ0n) is 14.5. The highest BCUT2D eigenvalue weighted by atomic mass is 32.2. The maximum absolute atomic E-state index is 5.58. The van der Waals surface area contributed by atoms with E-state index in [2.05, 4.69) is 34.4 Å². The lowest BCUT2D eigenvalue weighted by Crippen LogP contribution is -1.94. The lowest BCUT2D eigenvalue weighted by Gasteiger charge is -2.11. The van der Waals surface area contributed by atoms with Crippen LogP contribution in [0.3, 0.4) is 0 Å². The van der Waals surface area contributed by atoms with E-state index in [4.69, 9.17) is 4.52 Å². The predicted octanol–water partition coefficient (Wildman–Crippen LogP) is 4.99. The van der Waals surface area contributed by atoms with Gasteiger partial charge in [-0.25, -0.2) is 0 Å². The summed E-state index contributed by atoms with van der Waals surface area (Å²) in [5, 5.41) is 13.4. The van der Waals surface area contributed by atoms with Gasteiger partial charge in [-0.2, -0.15) is 0 Å². The number of hydrogen-bond acceptors (Lipinski definition) is 5. The van der Waals surface area contributed by atoms with Crippen molar-refractivity contribution in [2.75, 3.05) is 0 Å². The molecular formula is C20H18N4OS. The van der Waals surface area contributed by atoms with Gasteiger partial charge in [-0.3, -0.25) is 0 Å². The summed E-state index contributed by atoms with van der Waals surface area (Å²) in [4.78, 5) is 0. The lowest BCUT2D eigenvalue weighted by atomic mass is 10.1. The third-order valence-electron chi connectivity index (χ3n) is 4.17. The minimum absolute atomic E-state index is 0.245. The Bertz CT molecular complexity index is 1010. The van der Waals surface area contributed by atoms with Crippen LogP contribution >= 0.6 is 11.8 Å². The predicted molar refractivity (Wildman–Crippen MR) is 103 cm³/mol. The zero-order chi connectivity index (χ0) is 17.9. The molecule has 0 amide bonds. The molecule has 5 nitrogen and oxygen atoms in total. The molecule has 0 aliphatic rings. The van der Waals surface area contributed by atoms with Crippen LogP contribution in [0.1, 0.15) is 17.7 Å². The first kappa shape index (κ1) is 16.6. The van der Waals surface area contributed by atoms with Gasteiger partial charge in [-0.15, -0.1) is 10.2 Å². The van der Waals surface area contributed by atoms with Crippen molar-refractivity contribution in [3.63, 3.8) is 0 Å². The quantitative estimate of drug-likeness (QED) is 0.468. The van der Waals surface area contributed by atoms with Crippen molar-refractivity contribution in [1.82, 2.24) is 19.9 Å². The highest BCUT2D eigenvalue weighted by Crippen LogP contribution is 2.35. The van der Waals surface area contributed by atoms with Crippen molar-refractivity contribution in [3.05, 3.63) is 72.6 Å². The number of aryl methyl sites for hydroxylation is 1. The van der Waals surface area contributed by atoms with Gasteiger partial charge in [0.2, 0.25) is 0 Å². The highest BCUT2D eigenvalue weighted by molar-refractivity contribution is 7.99. The fourth-order valence-electron chi connectivity index (χ4n) is 2.71. The van der Waals surface area contributed by atoms with Crippen molar-refractivity contribution in [2.45, 2.75) is 17.3 Å². The Kier molecular flexibility index (Phi) is 4.58. The second-order valence-electron chi connectivity index (χ2n) is 6.05. The van der Waals surface area contributed by atoms with E-state index in [0.29, 0.717) is 0 Å². The van der Waals surface area contributed by atoms with Gasteiger partial charge < -0.3 is 9.09 Å². The zero-order valence-corrected chi connectivity index (χ0v) is 15.4. The molecule has 6 heteroatoms. The standard InChI is InChI=1S/C20H18N4OS/c1-14(26-20-22-21-13-24(20)2)16-9-6-10-17(11-16)19-12-18(23-25-19)15-7-4-3-5-8-15/h3-14H,1-2H3/t14-/m0/s1. The second kappa shape index (κ2) is 7.17. The fraction of sp³-hybridized carbons (Fsp3) is 0.150. The third-order valence-corrected chi connectivity index (χ3v) is 5.38. The number of thioether (sulfide) groups is 1. The fourth-order valence-corrected chi connectivity index (χ4v) is 3.61. The number of benzene rings is 2. The molecule has 0 bridgehead atoms. The van der Waals surface area contributed by atoms with Gasteiger partial charge in [0.25, 0.3) is 0 Å². The van der Waals surface area contributed by atoms with Crippen LogP contribution in [-0.4, -0.2) is 19.9 Å². The molecule has 0 saturated heterocycles. The van der Waals surface area contributed by atoms with Crippen LogP contribution in [0, 0.1) is 0 Å². The van der Waals surface area contributed by atoms with Gasteiger partial charge in [-0.05, 0) is 18.6 Å². The van der Waals surface area contributed by atoms with E-state index in [9.17, 15) is 0 Å². The maximum atomic E-state index is 5.58. The monoisotopic (exact) mass is 362 g/mol. The lowest BCUT2D eigenvalue weighted by molar-refractivity contribution is 0.435. The molecule has 2 aromatic carbocycles. The Hall–Kier alpha value is -2.86. The van der Waals surface area contributed by atoms with E-state index >= 15 is 0 Å². The topological polar surface area (TPSA) is 56.7 Å². The van der Waals surface area contributed by atoms with E-state index in [1.165, 1.54) is 5.56 Å². The molecule has 0 radical (unpaired) electrons. The molecule has 2 aromatic heterocycles. The second-order valence-corrected chi connectivity index (χ2v) is 7.36. The van der Waals surface area contributed by atoms with Gasteiger partial charge in [0.1, 0.15) is 12.0 Å². The number of aromatic nitrogens is 4. The summed E-state index contributed by atoms with van der Waals surface area (Å²) in [6.07, 6.45) is 1.71. The van der Waals surface area contributed by atoms with Crippen molar-refractivity contribution >= 4 is 11.8 Å². The SMILES string of the molecule is C[C@H](Sc1nncn1C)c1cccc(-c2cc(-c3ccccc3)no2)c1. The summed E-state index contributed by atoms with van der Waals surface area (Å²) in [6.45, 7) is 2.16. The molecule has 0 aliphatic heterocycles. The van der Waals surface area contributed by atoms with Gasteiger partial charge in [0.15, 0.2) is 10.9 Å². The van der Waals surface area contributed by atoms with Crippen LogP contribution in [0.5, 0.6) is 0 Å². The van der Waals surface area contributed by atoms with Crippen molar-refractivity contribution < 1.29 is 4.52 Å². The Balaban J connectivity index is 1.58. The summed E-state index contributed by atoms with van der Waals surface area (Å²) in [6, 6.07) is 20.4. The minimum atomic E-state index is 0.245. The molecule has 0 aliphatic carbocycles. The number of nitrogens with zero attached hydrogens (tertiary/aromatic N) is 4. The average molecular weight is 362 g/mol. The Morgan fingerprint density at radius 3 is 2.58 bits per heavy atom. The van der Waals surface area contributed by atoms with Crippen LogP contribution in [0.4, 0.5) is 0 Å². The van der Waals surface area contributed by atoms with Crippen LogP contribution in [0.25, 0.3) is 22.6 Å². The van der Waals surface area contributed by atoms with E-state index in [0.717, 1.165) is 27.7 Å². The van der Waals surface area contributed by atoms with Gasteiger partial charge in [-0.1, -0.05) is 65.4 Å². The molecule has 26 heavy (non-hydrogen) atoms. The first-order valence-corrected chi connectivity index (χ1v) is 9.22. The van der Waals surface area contributed by atoms with Crippen molar-refractivity contribution in [1.29, 1.82) is 0 Å². The molecule has 1 atom stereocenters. The molecule has 0 fully saturated rings. The molecule has 130 valence electrons. The Morgan fingerprint density at radius 1 is 1.00 bits per heavy atom. The molecule has 0 unspecified atom stereocenters. The molecule has 0 N–H and O–H groups in total. The summed E-state index contributed by atoms with van der Waals surface area (Å²) in [7, 11) is 1.95. The Morgan fingerprint density at radius 2 is 1.81 bits per heavy atom.